The van der Waals surface area contributed by atoms with E-state index in [1.807, 2.05) is 0 Å². The average molecular weight is 258 g/mol. The van der Waals surface area contributed by atoms with Crippen LogP contribution in [0.5, 0.6) is 0 Å². The summed E-state index contributed by atoms with van der Waals surface area (Å²) in [5.74, 6) is -0.910. The topological polar surface area (TPSA) is 52.6 Å². The van der Waals surface area contributed by atoms with Crippen LogP contribution in [0.3, 0.4) is 0 Å². The molecule has 0 spiro atoms. The van der Waals surface area contributed by atoms with Gasteiger partial charge in [-0.25, -0.2) is 9.59 Å². The van der Waals surface area contributed by atoms with E-state index in [1.165, 1.54) is 11.8 Å². The van der Waals surface area contributed by atoms with Gasteiger partial charge in [0.2, 0.25) is 0 Å². The first-order valence-corrected chi connectivity index (χ1v) is 6.06. The van der Waals surface area contributed by atoms with E-state index in [4.69, 9.17) is 9.47 Å². The van der Waals surface area contributed by atoms with Crippen LogP contribution in [-0.2, 0) is 19.1 Å². The maximum Gasteiger partial charge on any atom is 0.334 e. The van der Waals surface area contributed by atoms with Crippen molar-refractivity contribution in [1.82, 2.24) is 0 Å². The van der Waals surface area contributed by atoms with Gasteiger partial charge in [-0.05, 0) is 27.7 Å². The summed E-state index contributed by atoms with van der Waals surface area (Å²) in [5, 5.41) is 0. The van der Waals surface area contributed by atoms with Crippen LogP contribution >= 0.6 is 11.8 Å². The second-order valence-corrected chi connectivity index (χ2v) is 5.24. The highest BCUT2D eigenvalue weighted by Crippen LogP contribution is 2.21. The van der Waals surface area contributed by atoms with Crippen LogP contribution < -0.4 is 0 Å². The Morgan fingerprint density at radius 1 is 0.941 bits per heavy atom. The first kappa shape index (κ1) is 15.8. The lowest BCUT2D eigenvalue weighted by atomic mass is 10.4. The molecule has 0 fully saturated rings. The summed E-state index contributed by atoms with van der Waals surface area (Å²) in [4.78, 5) is 22.4. The van der Waals surface area contributed by atoms with Gasteiger partial charge in [-0.15, -0.1) is 0 Å². The van der Waals surface area contributed by atoms with Gasteiger partial charge in [-0.2, -0.15) is 0 Å². The van der Waals surface area contributed by atoms with E-state index in [0.29, 0.717) is 11.1 Å². The van der Waals surface area contributed by atoms with Crippen molar-refractivity contribution < 1.29 is 19.1 Å². The Morgan fingerprint density at radius 2 is 1.24 bits per heavy atom. The average Bonchev–Trinajstić information content (AvgIpc) is 2.16. The summed E-state index contributed by atoms with van der Waals surface area (Å²) >= 11 is 1.22. The van der Waals surface area contributed by atoms with Gasteiger partial charge in [0.15, 0.2) is 0 Å². The van der Waals surface area contributed by atoms with Crippen molar-refractivity contribution in [3.8, 4) is 0 Å². The standard InChI is InChI=1S/C12H18O4S/c1-7(2)11(13)15-9(5)17-10(6)16-12(14)8(3)4/h9-10H,1,3H2,2,4-6H3. The van der Waals surface area contributed by atoms with Crippen molar-refractivity contribution >= 4 is 23.7 Å². The second kappa shape index (κ2) is 7.17. The molecule has 0 aromatic heterocycles. The molecule has 2 atom stereocenters. The molecule has 0 aliphatic heterocycles. The minimum Gasteiger partial charge on any atom is -0.448 e. The number of ether oxygens (including phenoxy) is 2. The number of carbonyl (C=O) groups is 2. The number of rotatable bonds is 6. The molecule has 17 heavy (non-hydrogen) atoms. The molecule has 0 rings (SSSR count). The monoisotopic (exact) mass is 258 g/mol. The highest BCUT2D eigenvalue weighted by Gasteiger charge is 2.17. The lowest BCUT2D eigenvalue weighted by Gasteiger charge is -2.18. The van der Waals surface area contributed by atoms with Crippen LogP contribution in [0.15, 0.2) is 24.3 Å². The van der Waals surface area contributed by atoms with Crippen molar-refractivity contribution in [2.75, 3.05) is 0 Å². The van der Waals surface area contributed by atoms with Crippen molar-refractivity contribution in [3.05, 3.63) is 24.3 Å². The first-order valence-electron chi connectivity index (χ1n) is 5.12. The molecule has 0 saturated carbocycles. The Labute approximate surface area is 106 Å². The maximum atomic E-state index is 11.2. The Morgan fingerprint density at radius 3 is 1.47 bits per heavy atom. The Kier molecular flexibility index (Phi) is 6.65. The zero-order valence-electron chi connectivity index (χ0n) is 10.6. The van der Waals surface area contributed by atoms with Crippen LogP contribution in [0.1, 0.15) is 27.7 Å². The Balaban J connectivity index is 4.08. The molecule has 0 aliphatic carbocycles. The number of esters is 2. The fourth-order valence-corrected chi connectivity index (χ4v) is 1.65. The van der Waals surface area contributed by atoms with Gasteiger partial charge in [0.05, 0.1) is 0 Å². The molecule has 0 amide bonds. The van der Waals surface area contributed by atoms with Crippen molar-refractivity contribution in [1.29, 1.82) is 0 Å². The van der Waals surface area contributed by atoms with E-state index in [-0.39, 0.29) is 0 Å². The highest BCUT2D eigenvalue weighted by molar-refractivity contribution is 8.00. The van der Waals surface area contributed by atoms with Gasteiger partial charge in [-0.1, -0.05) is 24.9 Å². The fourth-order valence-electron chi connectivity index (χ4n) is 0.828. The molecule has 0 aromatic rings. The molecule has 0 bridgehead atoms. The number of thioether (sulfide) groups is 1. The summed E-state index contributed by atoms with van der Waals surface area (Å²) in [6, 6.07) is 0. The molecule has 5 heteroatoms. The molecular weight excluding hydrogens is 240 g/mol. The molecule has 0 heterocycles. The van der Waals surface area contributed by atoms with Gasteiger partial charge in [-0.3, -0.25) is 0 Å². The summed E-state index contributed by atoms with van der Waals surface area (Å²) < 4.78 is 10.1. The van der Waals surface area contributed by atoms with E-state index < -0.39 is 22.8 Å². The largest absolute Gasteiger partial charge is 0.448 e. The van der Waals surface area contributed by atoms with Gasteiger partial charge < -0.3 is 9.47 Å². The molecule has 96 valence electrons. The molecule has 0 N–H and O–H groups in total. The number of hydrogen-bond acceptors (Lipinski definition) is 5. The van der Waals surface area contributed by atoms with Crippen LogP contribution in [0, 0.1) is 0 Å². The van der Waals surface area contributed by atoms with E-state index in [2.05, 4.69) is 13.2 Å². The predicted octanol–water partition coefficient (Wildman–Crippen LogP) is 2.65. The third kappa shape index (κ3) is 6.84. The smallest absolute Gasteiger partial charge is 0.334 e. The highest BCUT2D eigenvalue weighted by atomic mass is 32.2. The van der Waals surface area contributed by atoms with Gasteiger partial charge in [0.1, 0.15) is 10.9 Å². The van der Waals surface area contributed by atoms with Crippen molar-refractivity contribution in [3.63, 3.8) is 0 Å². The third-order valence-corrected chi connectivity index (χ3v) is 2.59. The second-order valence-electron chi connectivity index (χ2n) is 3.64. The zero-order valence-corrected chi connectivity index (χ0v) is 11.4. The molecular formula is C12H18O4S. The molecule has 2 unspecified atom stereocenters. The lowest BCUT2D eigenvalue weighted by Crippen LogP contribution is -2.18. The molecule has 0 aliphatic rings. The van der Waals surface area contributed by atoms with Gasteiger partial charge >= 0.3 is 11.9 Å². The van der Waals surface area contributed by atoms with Crippen LogP contribution in [0.25, 0.3) is 0 Å². The summed E-state index contributed by atoms with van der Waals surface area (Å²) in [7, 11) is 0. The summed E-state index contributed by atoms with van der Waals surface area (Å²) in [6.07, 6.45) is 0. The van der Waals surface area contributed by atoms with E-state index in [0.717, 1.165) is 0 Å². The minimum absolute atomic E-state index is 0.337. The van der Waals surface area contributed by atoms with Crippen molar-refractivity contribution in [2.45, 2.75) is 38.6 Å². The molecule has 4 nitrogen and oxygen atoms in total. The third-order valence-electron chi connectivity index (χ3n) is 1.63. The number of carbonyl (C=O) groups excluding carboxylic acids is 2. The normalized spacial score (nSPS) is 13.4. The van der Waals surface area contributed by atoms with Crippen LogP contribution in [0.4, 0.5) is 0 Å². The van der Waals surface area contributed by atoms with E-state index >= 15 is 0 Å². The summed E-state index contributed by atoms with van der Waals surface area (Å²) in [6.45, 7) is 13.5. The van der Waals surface area contributed by atoms with E-state index in [9.17, 15) is 9.59 Å². The fraction of sp³-hybridized carbons (Fsp3) is 0.500. The quantitative estimate of drug-likeness (QED) is 0.416. The van der Waals surface area contributed by atoms with E-state index in [1.54, 1.807) is 27.7 Å². The molecule has 0 saturated heterocycles. The first-order chi connectivity index (χ1) is 7.73. The Hall–Kier alpha value is -1.23. The van der Waals surface area contributed by atoms with Crippen LogP contribution in [0.2, 0.25) is 0 Å². The zero-order chi connectivity index (χ0) is 13.6. The lowest BCUT2D eigenvalue weighted by molar-refractivity contribution is -0.140. The summed E-state index contributed by atoms with van der Waals surface area (Å²) in [5.41, 5.74) is -0.146. The van der Waals surface area contributed by atoms with Gasteiger partial charge in [0, 0.05) is 11.1 Å². The minimum atomic E-state index is -0.455. The Bertz CT molecular complexity index is 303. The molecule has 0 aromatic carbocycles. The van der Waals surface area contributed by atoms with Crippen LogP contribution in [-0.4, -0.2) is 22.8 Å². The molecule has 0 radical (unpaired) electrons. The van der Waals surface area contributed by atoms with Gasteiger partial charge in [0.25, 0.3) is 0 Å². The maximum absolute atomic E-state index is 11.2. The van der Waals surface area contributed by atoms with Crippen molar-refractivity contribution in [2.24, 2.45) is 0 Å². The predicted molar refractivity (Wildman–Crippen MR) is 68.3 cm³/mol. The SMILES string of the molecule is C=C(C)C(=O)OC(C)SC(C)OC(=O)C(=C)C. The number of hydrogen-bond donors (Lipinski definition) is 0.